The molecule has 0 unspecified atom stereocenters. The van der Waals surface area contributed by atoms with Gasteiger partial charge >= 0.3 is 0 Å². The van der Waals surface area contributed by atoms with E-state index in [1.807, 2.05) is 23.6 Å². The molecule has 1 aliphatic rings. The molecule has 2 aromatic heterocycles. The van der Waals surface area contributed by atoms with Crippen LogP contribution in [0.5, 0.6) is 5.88 Å². The maximum atomic E-state index is 12.3. The second-order valence-electron chi connectivity index (χ2n) is 5.82. The van der Waals surface area contributed by atoms with Crippen molar-refractivity contribution in [2.24, 2.45) is 0 Å². The Morgan fingerprint density at radius 1 is 1.29 bits per heavy atom. The van der Waals surface area contributed by atoms with E-state index < -0.39 is 0 Å². The van der Waals surface area contributed by atoms with Crippen molar-refractivity contribution in [3.63, 3.8) is 0 Å². The van der Waals surface area contributed by atoms with Crippen LogP contribution in [0, 0.1) is 0 Å². The van der Waals surface area contributed by atoms with Gasteiger partial charge in [0.05, 0.1) is 11.4 Å². The van der Waals surface area contributed by atoms with Crippen LogP contribution in [-0.2, 0) is 11.2 Å². The van der Waals surface area contributed by atoms with Gasteiger partial charge in [-0.25, -0.2) is 9.97 Å². The highest BCUT2D eigenvalue weighted by Crippen LogP contribution is 2.29. The summed E-state index contributed by atoms with van der Waals surface area (Å²) in [7, 11) is 0. The fraction of sp³-hybridized carbons (Fsp3) is 0.278. The highest BCUT2D eigenvalue weighted by Gasteiger charge is 2.21. The molecule has 5 nitrogen and oxygen atoms in total. The molecule has 4 rings (SSSR count). The summed E-state index contributed by atoms with van der Waals surface area (Å²) in [6.07, 6.45) is 4.59. The Morgan fingerprint density at radius 3 is 3.17 bits per heavy atom. The molecule has 0 radical (unpaired) electrons. The van der Waals surface area contributed by atoms with E-state index in [1.165, 1.54) is 28.8 Å². The van der Waals surface area contributed by atoms with Crippen LogP contribution < -0.4 is 10.1 Å². The quantitative estimate of drug-likeness (QED) is 0.792. The molecule has 24 heavy (non-hydrogen) atoms. The van der Waals surface area contributed by atoms with Crippen LogP contribution in [0.3, 0.4) is 0 Å². The van der Waals surface area contributed by atoms with Gasteiger partial charge in [-0.05, 0) is 41.8 Å². The molecule has 0 saturated carbocycles. The molecule has 0 aliphatic heterocycles. The maximum Gasteiger partial charge on any atom is 0.258 e. The summed E-state index contributed by atoms with van der Waals surface area (Å²) in [6, 6.07) is 10.3. The molecule has 1 atom stereocenters. The van der Waals surface area contributed by atoms with Crippen LogP contribution in [0.4, 0.5) is 0 Å². The lowest BCUT2D eigenvalue weighted by Crippen LogP contribution is -2.34. The largest absolute Gasteiger partial charge is 0.467 e. The number of ether oxygens (including phenoxy) is 1. The molecule has 0 fully saturated rings. The minimum Gasteiger partial charge on any atom is -0.467 e. The highest BCUT2D eigenvalue weighted by molar-refractivity contribution is 7.16. The van der Waals surface area contributed by atoms with Gasteiger partial charge in [0.15, 0.2) is 6.61 Å². The predicted molar refractivity (Wildman–Crippen MR) is 93.2 cm³/mol. The van der Waals surface area contributed by atoms with E-state index in [4.69, 9.17) is 4.74 Å². The average Bonchev–Trinajstić information content (AvgIpc) is 3.09. The van der Waals surface area contributed by atoms with Crippen molar-refractivity contribution >= 4 is 27.5 Å². The Balaban J connectivity index is 1.42. The molecular formula is C18H17N3O2S. The Morgan fingerprint density at radius 2 is 2.21 bits per heavy atom. The number of carbonyl (C=O) groups is 1. The monoisotopic (exact) mass is 339 g/mol. The van der Waals surface area contributed by atoms with Crippen molar-refractivity contribution in [1.82, 2.24) is 15.3 Å². The standard InChI is InChI=1S/C18H17N3O2S/c22-16(10-23-17-14-8-9-24-18(14)20-11-19-17)21-15-7-3-5-12-4-1-2-6-13(12)15/h1-2,4,6,8-9,11,15H,3,5,7,10H2,(H,21,22)/t15-/m1/s1. The summed E-state index contributed by atoms with van der Waals surface area (Å²) in [5.74, 6) is 0.333. The smallest absolute Gasteiger partial charge is 0.258 e. The summed E-state index contributed by atoms with van der Waals surface area (Å²) >= 11 is 1.52. The number of aryl methyl sites for hydroxylation is 1. The van der Waals surface area contributed by atoms with Gasteiger partial charge in [0.25, 0.3) is 5.91 Å². The van der Waals surface area contributed by atoms with E-state index >= 15 is 0 Å². The lowest BCUT2D eigenvalue weighted by Gasteiger charge is -2.26. The van der Waals surface area contributed by atoms with Crippen LogP contribution in [0.2, 0.25) is 0 Å². The third kappa shape index (κ3) is 2.97. The summed E-state index contributed by atoms with van der Waals surface area (Å²) in [5.41, 5.74) is 2.55. The molecule has 1 aliphatic carbocycles. The maximum absolute atomic E-state index is 12.3. The summed E-state index contributed by atoms with van der Waals surface area (Å²) in [5, 5.41) is 5.86. The zero-order valence-electron chi connectivity index (χ0n) is 13.1. The topological polar surface area (TPSA) is 64.1 Å². The fourth-order valence-corrected chi connectivity index (χ4v) is 3.88. The molecule has 1 amide bonds. The third-order valence-electron chi connectivity index (χ3n) is 4.27. The highest BCUT2D eigenvalue weighted by atomic mass is 32.1. The van der Waals surface area contributed by atoms with Gasteiger partial charge in [0.1, 0.15) is 11.2 Å². The van der Waals surface area contributed by atoms with Gasteiger partial charge in [0.2, 0.25) is 5.88 Å². The summed E-state index contributed by atoms with van der Waals surface area (Å²) in [6.45, 7) is -0.0410. The van der Waals surface area contributed by atoms with Crippen LogP contribution in [0.1, 0.15) is 30.0 Å². The molecule has 6 heteroatoms. The van der Waals surface area contributed by atoms with E-state index in [0.717, 1.165) is 29.5 Å². The third-order valence-corrected chi connectivity index (χ3v) is 5.09. The van der Waals surface area contributed by atoms with E-state index in [0.29, 0.717) is 5.88 Å². The van der Waals surface area contributed by atoms with Gasteiger partial charge in [-0.2, -0.15) is 0 Å². The van der Waals surface area contributed by atoms with Crippen molar-refractivity contribution in [3.8, 4) is 5.88 Å². The molecule has 0 saturated heterocycles. The van der Waals surface area contributed by atoms with Crippen LogP contribution in [0.15, 0.2) is 42.0 Å². The van der Waals surface area contributed by atoms with Crippen LogP contribution in [-0.4, -0.2) is 22.5 Å². The van der Waals surface area contributed by atoms with Crippen molar-refractivity contribution in [3.05, 3.63) is 53.2 Å². The van der Waals surface area contributed by atoms with Crippen molar-refractivity contribution in [2.75, 3.05) is 6.61 Å². The zero-order chi connectivity index (χ0) is 16.4. The SMILES string of the molecule is O=C(COc1ncnc2sccc12)N[C@@H]1CCCc2ccccc21. The predicted octanol–water partition coefficient (Wildman–Crippen LogP) is 3.26. The molecule has 1 aromatic carbocycles. The number of thiophene rings is 1. The molecule has 0 bridgehead atoms. The summed E-state index contributed by atoms with van der Waals surface area (Å²) in [4.78, 5) is 21.5. The first kappa shape index (κ1) is 15.1. The summed E-state index contributed by atoms with van der Waals surface area (Å²) < 4.78 is 5.61. The zero-order valence-corrected chi connectivity index (χ0v) is 13.9. The number of nitrogens with zero attached hydrogens (tertiary/aromatic N) is 2. The Labute approximate surface area is 143 Å². The Kier molecular flexibility index (Phi) is 4.13. The van der Waals surface area contributed by atoms with Gasteiger partial charge in [-0.3, -0.25) is 4.79 Å². The second-order valence-corrected chi connectivity index (χ2v) is 6.71. The Bertz CT molecular complexity index is 877. The number of fused-ring (bicyclic) bond motifs is 2. The minimum atomic E-state index is -0.126. The van der Waals surface area contributed by atoms with Gasteiger partial charge in [-0.1, -0.05) is 24.3 Å². The number of rotatable bonds is 4. The van der Waals surface area contributed by atoms with E-state index in [-0.39, 0.29) is 18.6 Å². The number of amides is 1. The Hall–Kier alpha value is -2.47. The molecule has 3 aromatic rings. The van der Waals surface area contributed by atoms with Gasteiger partial charge in [-0.15, -0.1) is 11.3 Å². The van der Waals surface area contributed by atoms with Crippen molar-refractivity contribution in [1.29, 1.82) is 0 Å². The lowest BCUT2D eigenvalue weighted by atomic mass is 9.88. The number of hydrogen-bond acceptors (Lipinski definition) is 5. The molecule has 2 heterocycles. The normalized spacial score (nSPS) is 16.6. The van der Waals surface area contributed by atoms with Crippen LogP contribution in [0.25, 0.3) is 10.2 Å². The second kappa shape index (κ2) is 6.57. The number of carbonyl (C=O) groups excluding carboxylic acids is 1. The molecule has 0 spiro atoms. The first-order valence-electron chi connectivity index (χ1n) is 7.99. The first-order valence-corrected chi connectivity index (χ1v) is 8.87. The van der Waals surface area contributed by atoms with Gasteiger partial charge < -0.3 is 10.1 Å². The van der Waals surface area contributed by atoms with E-state index in [2.05, 4.69) is 27.4 Å². The van der Waals surface area contributed by atoms with Gasteiger partial charge in [0, 0.05) is 0 Å². The average molecular weight is 339 g/mol. The molecule has 122 valence electrons. The van der Waals surface area contributed by atoms with Crippen molar-refractivity contribution in [2.45, 2.75) is 25.3 Å². The van der Waals surface area contributed by atoms with Crippen LogP contribution >= 0.6 is 11.3 Å². The molecule has 1 N–H and O–H groups in total. The first-order chi connectivity index (χ1) is 11.8. The fourth-order valence-electron chi connectivity index (χ4n) is 3.16. The number of benzene rings is 1. The number of aromatic nitrogens is 2. The minimum absolute atomic E-state index is 0.0410. The van der Waals surface area contributed by atoms with Crippen molar-refractivity contribution < 1.29 is 9.53 Å². The lowest BCUT2D eigenvalue weighted by molar-refractivity contribution is -0.124. The number of hydrogen-bond donors (Lipinski definition) is 1. The van der Waals surface area contributed by atoms with E-state index in [9.17, 15) is 4.79 Å². The molecular weight excluding hydrogens is 322 g/mol. The van der Waals surface area contributed by atoms with E-state index in [1.54, 1.807) is 0 Å². The number of nitrogens with one attached hydrogen (secondary N) is 1.